The van der Waals surface area contributed by atoms with E-state index in [2.05, 4.69) is 6.92 Å². The first kappa shape index (κ1) is 12.4. The summed E-state index contributed by atoms with van der Waals surface area (Å²) in [5.41, 5.74) is 1.09. The van der Waals surface area contributed by atoms with E-state index >= 15 is 0 Å². The molecule has 2 nitrogen and oxygen atoms in total. The molecule has 1 aliphatic carbocycles. The number of hydrogen-bond donors (Lipinski definition) is 0. The van der Waals surface area contributed by atoms with Crippen molar-refractivity contribution in [1.82, 2.24) is 0 Å². The maximum Gasteiger partial charge on any atom is 0.136 e. The molecule has 0 bridgehead atoms. The molecule has 1 aliphatic rings. The van der Waals surface area contributed by atoms with Crippen LogP contribution in [0.4, 0.5) is 0 Å². The summed E-state index contributed by atoms with van der Waals surface area (Å²) in [4.78, 5) is 11.3. The Hall–Kier alpha value is -1.02. The van der Waals surface area contributed by atoms with Gasteiger partial charge in [-0.05, 0) is 43.0 Å². The molecule has 0 amide bonds. The van der Waals surface area contributed by atoms with E-state index in [1.54, 1.807) is 0 Å². The van der Waals surface area contributed by atoms with Gasteiger partial charge in [0.25, 0.3) is 0 Å². The van der Waals surface area contributed by atoms with Gasteiger partial charge < -0.3 is 4.74 Å². The summed E-state index contributed by atoms with van der Waals surface area (Å²) >= 11 is 6.05. The molecule has 1 saturated carbocycles. The Bertz CT molecular complexity index is 415. The summed E-state index contributed by atoms with van der Waals surface area (Å²) in [5, 5.41) is 0.777. The average Bonchev–Trinajstić information content (AvgIpc) is 2.32. The van der Waals surface area contributed by atoms with E-state index in [1.807, 2.05) is 18.2 Å². The predicted molar refractivity (Wildman–Crippen MR) is 68.7 cm³/mol. The molecular formula is C14H17ClO2. The van der Waals surface area contributed by atoms with Crippen molar-refractivity contribution in [2.75, 3.05) is 0 Å². The van der Waals surface area contributed by atoms with Gasteiger partial charge in [0.2, 0.25) is 0 Å². The average molecular weight is 253 g/mol. The van der Waals surface area contributed by atoms with Crippen LogP contribution in [0.3, 0.4) is 0 Å². The number of rotatable bonds is 3. The van der Waals surface area contributed by atoms with Gasteiger partial charge in [-0.1, -0.05) is 18.5 Å². The molecule has 3 heteroatoms. The molecule has 0 spiro atoms. The first-order valence-corrected chi connectivity index (χ1v) is 6.53. The number of aryl methyl sites for hydroxylation is 1. The van der Waals surface area contributed by atoms with Crippen LogP contribution < -0.4 is 4.74 Å². The van der Waals surface area contributed by atoms with Crippen molar-refractivity contribution < 1.29 is 9.53 Å². The smallest absolute Gasteiger partial charge is 0.136 e. The topological polar surface area (TPSA) is 26.3 Å². The molecule has 1 aromatic rings. The third-order valence-electron chi connectivity index (χ3n) is 3.14. The van der Waals surface area contributed by atoms with E-state index in [0.717, 1.165) is 35.6 Å². The third kappa shape index (κ3) is 3.22. The minimum absolute atomic E-state index is 0.0436. The lowest BCUT2D eigenvalue weighted by atomic mass is 9.96. The molecule has 0 aromatic heterocycles. The highest BCUT2D eigenvalue weighted by atomic mass is 35.5. The number of ether oxygens (including phenoxy) is 1. The summed E-state index contributed by atoms with van der Waals surface area (Å²) in [7, 11) is 0. The van der Waals surface area contributed by atoms with Crippen LogP contribution in [0, 0.1) is 0 Å². The highest BCUT2D eigenvalue weighted by Gasteiger charge is 2.20. The van der Waals surface area contributed by atoms with E-state index in [-0.39, 0.29) is 6.10 Å². The quantitative estimate of drug-likeness (QED) is 0.818. The Labute approximate surface area is 107 Å². The van der Waals surface area contributed by atoms with Crippen molar-refractivity contribution in [2.45, 2.75) is 45.1 Å². The standard InChI is InChI=1S/C14H17ClO2/c1-2-10-8-13(6-7-14(10)15)17-12-5-3-4-11(16)9-12/h6-8,12H,2-5,9H2,1H3. The third-order valence-corrected chi connectivity index (χ3v) is 3.51. The van der Waals surface area contributed by atoms with E-state index < -0.39 is 0 Å². The van der Waals surface area contributed by atoms with Crippen LogP contribution in [0.25, 0.3) is 0 Å². The SMILES string of the molecule is CCc1cc(OC2CCCC(=O)C2)ccc1Cl. The fourth-order valence-corrected chi connectivity index (χ4v) is 2.42. The minimum atomic E-state index is 0.0436. The molecule has 92 valence electrons. The monoisotopic (exact) mass is 252 g/mol. The molecule has 0 N–H and O–H groups in total. The van der Waals surface area contributed by atoms with Crippen molar-refractivity contribution in [3.05, 3.63) is 28.8 Å². The molecule has 0 saturated heterocycles. The molecule has 0 heterocycles. The van der Waals surface area contributed by atoms with Crippen molar-refractivity contribution >= 4 is 17.4 Å². The minimum Gasteiger partial charge on any atom is -0.490 e. The first-order chi connectivity index (χ1) is 8.19. The highest BCUT2D eigenvalue weighted by Crippen LogP contribution is 2.26. The lowest BCUT2D eigenvalue weighted by Gasteiger charge is -2.22. The summed E-state index contributed by atoms with van der Waals surface area (Å²) in [6.45, 7) is 2.06. The predicted octanol–water partition coefficient (Wildman–Crippen LogP) is 3.79. The molecule has 0 aliphatic heterocycles. The van der Waals surface area contributed by atoms with Crippen molar-refractivity contribution in [3.63, 3.8) is 0 Å². The zero-order chi connectivity index (χ0) is 12.3. The number of carbonyl (C=O) groups excluding carboxylic acids is 1. The fourth-order valence-electron chi connectivity index (χ4n) is 2.17. The Morgan fingerprint density at radius 2 is 2.29 bits per heavy atom. The Balaban J connectivity index is 2.05. The zero-order valence-corrected chi connectivity index (χ0v) is 10.8. The number of carbonyl (C=O) groups is 1. The lowest BCUT2D eigenvalue weighted by Crippen LogP contribution is -2.25. The molecule has 2 rings (SSSR count). The van der Waals surface area contributed by atoms with E-state index in [9.17, 15) is 4.79 Å². The maximum atomic E-state index is 11.3. The van der Waals surface area contributed by atoms with Crippen molar-refractivity contribution in [2.24, 2.45) is 0 Å². The van der Waals surface area contributed by atoms with E-state index in [4.69, 9.17) is 16.3 Å². The van der Waals surface area contributed by atoms with Crippen LogP contribution in [0.5, 0.6) is 5.75 Å². The van der Waals surface area contributed by atoms with Crippen LogP contribution in [0.1, 0.15) is 38.2 Å². The van der Waals surface area contributed by atoms with Gasteiger partial charge in [0.05, 0.1) is 0 Å². The van der Waals surface area contributed by atoms with Gasteiger partial charge in [-0.3, -0.25) is 4.79 Å². The van der Waals surface area contributed by atoms with Crippen LogP contribution in [-0.2, 0) is 11.2 Å². The summed E-state index contributed by atoms with van der Waals surface area (Å²) < 4.78 is 5.84. The van der Waals surface area contributed by atoms with Gasteiger partial charge in [-0.2, -0.15) is 0 Å². The van der Waals surface area contributed by atoms with Crippen LogP contribution in [0.15, 0.2) is 18.2 Å². The molecule has 1 unspecified atom stereocenters. The van der Waals surface area contributed by atoms with Gasteiger partial charge in [0, 0.05) is 17.9 Å². The van der Waals surface area contributed by atoms with Gasteiger partial charge in [0.15, 0.2) is 0 Å². The molecule has 1 atom stereocenters. The van der Waals surface area contributed by atoms with E-state index in [0.29, 0.717) is 18.6 Å². The summed E-state index contributed by atoms with van der Waals surface area (Å²) in [6, 6.07) is 5.71. The van der Waals surface area contributed by atoms with Crippen molar-refractivity contribution in [3.8, 4) is 5.75 Å². The number of ketones is 1. The second-order valence-electron chi connectivity index (χ2n) is 4.48. The number of halogens is 1. The van der Waals surface area contributed by atoms with E-state index in [1.165, 1.54) is 0 Å². The molecule has 1 aromatic carbocycles. The lowest BCUT2D eigenvalue weighted by molar-refractivity contribution is -0.122. The fraction of sp³-hybridized carbons (Fsp3) is 0.500. The second kappa shape index (κ2) is 5.54. The van der Waals surface area contributed by atoms with Crippen LogP contribution in [-0.4, -0.2) is 11.9 Å². The Morgan fingerprint density at radius 3 is 3.00 bits per heavy atom. The van der Waals surface area contributed by atoms with Crippen molar-refractivity contribution in [1.29, 1.82) is 0 Å². The number of benzene rings is 1. The van der Waals surface area contributed by atoms with Crippen LogP contribution >= 0.6 is 11.6 Å². The molecule has 0 radical (unpaired) electrons. The molecular weight excluding hydrogens is 236 g/mol. The summed E-state index contributed by atoms with van der Waals surface area (Å²) in [6.07, 6.45) is 4.10. The zero-order valence-electron chi connectivity index (χ0n) is 10.0. The largest absolute Gasteiger partial charge is 0.490 e. The highest BCUT2D eigenvalue weighted by molar-refractivity contribution is 6.31. The van der Waals surface area contributed by atoms with Crippen LogP contribution in [0.2, 0.25) is 5.02 Å². The van der Waals surface area contributed by atoms with Gasteiger partial charge in [-0.25, -0.2) is 0 Å². The van der Waals surface area contributed by atoms with Gasteiger partial charge in [0.1, 0.15) is 17.6 Å². The Morgan fingerprint density at radius 1 is 1.47 bits per heavy atom. The molecule has 1 fully saturated rings. The normalized spacial score (nSPS) is 20.4. The molecule has 17 heavy (non-hydrogen) atoms. The van der Waals surface area contributed by atoms with Gasteiger partial charge in [-0.15, -0.1) is 0 Å². The number of hydrogen-bond acceptors (Lipinski definition) is 2. The first-order valence-electron chi connectivity index (χ1n) is 6.16. The maximum absolute atomic E-state index is 11.3. The second-order valence-corrected chi connectivity index (χ2v) is 4.89. The Kier molecular flexibility index (Phi) is 4.06. The number of Topliss-reactive ketones (excluding diaryl/α,β-unsaturated/α-hetero) is 1. The van der Waals surface area contributed by atoms with Gasteiger partial charge >= 0.3 is 0 Å². The summed E-state index contributed by atoms with van der Waals surface area (Å²) in [5.74, 6) is 1.14.